The quantitative estimate of drug-likeness (QED) is 0.426. The minimum atomic E-state index is 0.353. The Balaban J connectivity index is 1.80. The van der Waals surface area contributed by atoms with E-state index in [0.29, 0.717) is 17.1 Å². The predicted octanol–water partition coefficient (Wildman–Crippen LogP) is 1.81. The lowest BCUT2D eigenvalue weighted by Gasteiger charge is -2.31. The molecule has 2 atom stereocenters. The SMILES string of the molecule is CC(C)NC(=S)N/N=C1/C[C@@H]2CC=C[C@@H]12. The molecule has 0 amide bonds. The van der Waals surface area contributed by atoms with Crippen molar-refractivity contribution in [3.63, 3.8) is 0 Å². The van der Waals surface area contributed by atoms with Gasteiger partial charge in [0.2, 0.25) is 0 Å². The zero-order valence-corrected chi connectivity index (χ0v) is 9.97. The van der Waals surface area contributed by atoms with Gasteiger partial charge in [0, 0.05) is 17.7 Å². The normalized spacial score (nSPS) is 30.2. The molecule has 0 aromatic heterocycles. The summed E-state index contributed by atoms with van der Waals surface area (Å²) in [6, 6.07) is 0.353. The van der Waals surface area contributed by atoms with Crippen LogP contribution in [-0.4, -0.2) is 16.9 Å². The Hall–Kier alpha value is -0.900. The molecule has 2 aliphatic carbocycles. The van der Waals surface area contributed by atoms with Crippen LogP contribution in [0.2, 0.25) is 0 Å². The van der Waals surface area contributed by atoms with Crippen LogP contribution in [0.1, 0.15) is 26.7 Å². The van der Waals surface area contributed by atoms with Gasteiger partial charge in [-0.25, -0.2) is 0 Å². The van der Waals surface area contributed by atoms with Gasteiger partial charge in [0.15, 0.2) is 5.11 Å². The standard InChI is InChI=1S/C11H17N3S/c1-7(2)12-11(15)14-13-10-6-8-4-3-5-9(8)10/h3,5,7-9H,4,6H2,1-2H3,(H2,12,14,15)/b13-10-/t8-,9+/m0/s1. The smallest absolute Gasteiger partial charge is 0.187 e. The maximum absolute atomic E-state index is 5.09. The zero-order valence-electron chi connectivity index (χ0n) is 9.16. The van der Waals surface area contributed by atoms with Gasteiger partial charge in [-0.15, -0.1) is 0 Å². The van der Waals surface area contributed by atoms with Gasteiger partial charge in [0.1, 0.15) is 0 Å². The van der Waals surface area contributed by atoms with Gasteiger partial charge in [0.25, 0.3) is 0 Å². The molecule has 0 bridgehead atoms. The Morgan fingerprint density at radius 3 is 3.07 bits per heavy atom. The van der Waals surface area contributed by atoms with Gasteiger partial charge in [-0.2, -0.15) is 5.10 Å². The van der Waals surface area contributed by atoms with Crippen molar-refractivity contribution >= 4 is 23.0 Å². The van der Waals surface area contributed by atoms with Gasteiger partial charge in [0.05, 0.1) is 0 Å². The summed E-state index contributed by atoms with van der Waals surface area (Å²) in [6.45, 7) is 4.11. The number of nitrogens with zero attached hydrogens (tertiary/aromatic N) is 1. The second-order valence-corrected chi connectivity index (χ2v) is 4.91. The minimum Gasteiger partial charge on any atom is -0.359 e. The van der Waals surface area contributed by atoms with Crippen LogP contribution in [0.3, 0.4) is 0 Å². The molecule has 0 aromatic rings. The molecule has 0 radical (unpaired) electrons. The predicted molar refractivity (Wildman–Crippen MR) is 66.8 cm³/mol. The van der Waals surface area contributed by atoms with Gasteiger partial charge in [-0.05, 0) is 44.8 Å². The lowest BCUT2D eigenvalue weighted by atomic mass is 9.74. The van der Waals surface area contributed by atoms with E-state index < -0.39 is 0 Å². The Labute approximate surface area is 96.0 Å². The van der Waals surface area contributed by atoms with Crippen LogP contribution in [0.15, 0.2) is 17.3 Å². The van der Waals surface area contributed by atoms with Gasteiger partial charge >= 0.3 is 0 Å². The molecule has 0 aromatic carbocycles. The summed E-state index contributed by atoms with van der Waals surface area (Å²) in [4.78, 5) is 0. The average molecular weight is 223 g/mol. The fraction of sp³-hybridized carbons (Fsp3) is 0.636. The van der Waals surface area contributed by atoms with Crippen molar-refractivity contribution in [2.75, 3.05) is 0 Å². The fourth-order valence-corrected chi connectivity index (χ4v) is 2.36. The molecule has 82 valence electrons. The topological polar surface area (TPSA) is 36.4 Å². The molecule has 15 heavy (non-hydrogen) atoms. The van der Waals surface area contributed by atoms with E-state index in [2.05, 4.69) is 41.8 Å². The van der Waals surface area contributed by atoms with Crippen LogP contribution in [0, 0.1) is 11.8 Å². The third-order valence-electron chi connectivity index (χ3n) is 2.87. The Morgan fingerprint density at radius 2 is 2.40 bits per heavy atom. The first-order valence-corrected chi connectivity index (χ1v) is 5.87. The maximum atomic E-state index is 5.09. The van der Waals surface area contributed by atoms with E-state index >= 15 is 0 Å². The fourth-order valence-electron chi connectivity index (χ4n) is 2.08. The van der Waals surface area contributed by atoms with E-state index in [9.17, 15) is 0 Å². The zero-order chi connectivity index (χ0) is 10.8. The Kier molecular flexibility index (Phi) is 3.05. The van der Waals surface area contributed by atoms with E-state index in [-0.39, 0.29) is 0 Å². The number of hydrogen-bond donors (Lipinski definition) is 2. The summed E-state index contributed by atoms with van der Waals surface area (Å²) in [6.07, 6.45) is 6.85. The van der Waals surface area contributed by atoms with Crippen LogP contribution in [-0.2, 0) is 0 Å². The van der Waals surface area contributed by atoms with Crippen LogP contribution in [0.25, 0.3) is 0 Å². The van der Waals surface area contributed by atoms with Crippen molar-refractivity contribution in [2.45, 2.75) is 32.7 Å². The molecule has 2 aliphatic rings. The minimum absolute atomic E-state index is 0.353. The van der Waals surface area contributed by atoms with Gasteiger partial charge in [-0.1, -0.05) is 12.2 Å². The van der Waals surface area contributed by atoms with Gasteiger partial charge in [-0.3, -0.25) is 5.43 Å². The first-order valence-electron chi connectivity index (χ1n) is 5.46. The maximum Gasteiger partial charge on any atom is 0.187 e. The summed E-state index contributed by atoms with van der Waals surface area (Å²) >= 11 is 5.09. The highest BCUT2D eigenvalue weighted by Crippen LogP contribution is 2.39. The molecule has 0 saturated heterocycles. The lowest BCUT2D eigenvalue weighted by Crippen LogP contribution is -2.40. The second-order valence-electron chi connectivity index (χ2n) is 4.50. The third kappa shape index (κ3) is 2.37. The summed E-state index contributed by atoms with van der Waals surface area (Å²) in [5.41, 5.74) is 4.14. The first-order chi connectivity index (χ1) is 7.16. The summed E-state index contributed by atoms with van der Waals surface area (Å²) in [5.74, 6) is 1.40. The van der Waals surface area contributed by atoms with Crippen molar-refractivity contribution in [1.29, 1.82) is 0 Å². The molecule has 1 fully saturated rings. The number of hydrogen-bond acceptors (Lipinski definition) is 2. The highest BCUT2D eigenvalue weighted by atomic mass is 32.1. The molecular formula is C11H17N3S. The van der Waals surface area contributed by atoms with Crippen molar-refractivity contribution in [3.8, 4) is 0 Å². The van der Waals surface area contributed by atoms with Crippen LogP contribution in [0.5, 0.6) is 0 Å². The molecule has 3 nitrogen and oxygen atoms in total. The monoisotopic (exact) mass is 223 g/mol. The molecule has 2 N–H and O–H groups in total. The van der Waals surface area contributed by atoms with E-state index in [1.54, 1.807) is 0 Å². The Morgan fingerprint density at radius 1 is 1.60 bits per heavy atom. The van der Waals surface area contributed by atoms with E-state index in [4.69, 9.17) is 12.2 Å². The number of fused-ring (bicyclic) bond motifs is 1. The van der Waals surface area contributed by atoms with Crippen LogP contribution >= 0.6 is 12.2 Å². The molecule has 4 heteroatoms. The molecule has 0 spiro atoms. The lowest BCUT2D eigenvalue weighted by molar-refractivity contribution is 0.444. The number of hydrazone groups is 1. The summed E-state index contributed by atoms with van der Waals surface area (Å²) in [5, 5.41) is 8.05. The molecular weight excluding hydrogens is 206 g/mol. The number of rotatable bonds is 2. The summed E-state index contributed by atoms with van der Waals surface area (Å²) < 4.78 is 0. The largest absolute Gasteiger partial charge is 0.359 e. The molecule has 0 aliphatic heterocycles. The van der Waals surface area contributed by atoms with E-state index in [1.165, 1.54) is 12.1 Å². The third-order valence-corrected chi connectivity index (χ3v) is 3.08. The average Bonchev–Trinajstić information content (AvgIpc) is 2.46. The van der Waals surface area contributed by atoms with Crippen molar-refractivity contribution in [2.24, 2.45) is 16.9 Å². The molecule has 0 heterocycles. The van der Waals surface area contributed by atoms with Crippen molar-refractivity contribution < 1.29 is 0 Å². The summed E-state index contributed by atoms with van der Waals surface area (Å²) in [7, 11) is 0. The first kappa shape index (κ1) is 10.6. The van der Waals surface area contributed by atoms with E-state index in [0.717, 1.165) is 12.3 Å². The van der Waals surface area contributed by atoms with E-state index in [1.807, 2.05) is 0 Å². The molecule has 0 unspecified atom stereocenters. The Bertz CT molecular complexity index is 320. The highest BCUT2D eigenvalue weighted by Gasteiger charge is 2.37. The van der Waals surface area contributed by atoms with Gasteiger partial charge < -0.3 is 5.32 Å². The van der Waals surface area contributed by atoms with Crippen molar-refractivity contribution in [3.05, 3.63) is 12.2 Å². The number of nitrogens with one attached hydrogen (secondary N) is 2. The number of thiocarbonyl (C=S) groups is 1. The second kappa shape index (κ2) is 4.31. The number of allylic oxidation sites excluding steroid dienone is 2. The van der Waals surface area contributed by atoms with Crippen molar-refractivity contribution in [1.82, 2.24) is 10.7 Å². The molecule has 1 saturated carbocycles. The van der Waals surface area contributed by atoms with Crippen LogP contribution < -0.4 is 10.7 Å². The highest BCUT2D eigenvalue weighted by molar-refractivity contribution is 7.80. The molecule has 2 rings (SSSR count). The van der Waals surface area contributed by atoms with Crippen LogP contribution in [0.4, 0.5) is 0 Å².